The maximum atomic E-state index is 3.28. The molecule has 2 saturated heterocycles. The molecule has 2 aliphatic rings. The molecule has 5 heteroatoms. The van der Waals surface area contributed by atoms with Crippen LogP contribution in [0.5, 0.6) is 0 Å². The molecule has 92 valence electrons. The summed E-state index contributed by atoms with van der Waals surface area (Å²) in [5, 5.41) is 13.1. The van der Waals surface area contributed by atoms with Gasteiger partial charge in [0.2, 0.25) is 0 Å². The summed E-state index contributed by atoms with van der Waals surface area (Å²) in [6.07, 6.45) is 2.56. The molecular formula is C10H24N4Ni+2. The van der Waals surface area contributed by atoms with Crippen molar-refractivity contribution in [3.05, 3.63) is 0 Å². The summed E-state index contributed by atoms with van der Waals surface area (Å²) in [5.41, 5.74) is 0. The first kappa shape index (κ1) is 15.3. The molecule has 0 amide bonds. The van der Waals surface area contributed by atoms with E-state index >= 15 is 0 Å². The van der Waals surface area contributed by atoms with Crippen molar-refractivity contribution in [1.29, 1.82) is 0 Å². The van der Waals surface area contributed by atoms with Crippen LogP contribution in [0.1, 0.15) is 12.8 Å². The predicted molar refractivity (Wildman–Crippen MR) is 60.7 cm³/mol. The van der Waals surface area contributed by atoms with E-state index in [1.54, 1.807) is 0 Å². The van der Waals surface area contributed by atoms with E-state index in [0.29, 0.717) is 0 Å². The predicted octanol–water partition coefficient (Wildman–Crippen LogP) is -0.864. The summed E-state index contributed by atoms with van der Waals surface area (Å²) < 4.78 is 0. The zero-order valence-electron chi connectivity index (χ0n) is 9.39. The van der Waals surface area contributed by atoms with E-state index in [9.17, 15) is 0 Å². The molecule has 0 radical (unpaired) electrons. The Bertz CT molecular complexity index is 70.7. The summed E-state index contributed by atoms with van der Waals surface area (Å²) >= 11 is 0. The van der Waals surface area contributed by atoms with Gasteiger partial charge >= 0.3 is 16.5 Å². The average Bonchev–Trinajstić information content (AvgIpc) is 2.68. The Kier molecular flexibility index (Phi) is 12.7. The molecule has 0 saturated carbocycles. The molecule has 2 fully saturated rings. The molecule has 4 N–H and O–H groups in total. The third-order valence-electron chi connectivity index (χ3n) is 2.37. The average molecular weight is 259 g/mol. The Labute approximate surface area is 103 Å². The molecule has 2 heterocycles. The summed E-state index contributed by atoms with van der Waals surface area (Å²) in [6, 6.07) is 0. The topological polar surface area (TPSA) is 48.1 Å². The molecule has 0 bridgehead atoms. The van der Waals surface area contributed by atoms with E-state index < -0.39 is 0 Å². The first-order valence-electron chi connectivity index (χ1n) is 5.83. The van der Waals surface area contributed by atoms with Crippen LogP contribution in [0.25, 0.3) is 0 Å². The van der Waals surface area contributed by atoms with Crippen molar-refractivity contribution in [2.75, 3.05) is 52.4 Å². The second kappa shape index (κ2) is 12.4. The third kappa shape index (κ3) is 10.6. The van der Waals surface area contributed by atoms with Crippen molar-refractivity contribution >= 4 is 0 Å². The molecule has 0 aromatic heterocycles. The van der Waals surface area contributed by atoms with E-state index in [1.165, 1.54) is 39.0 Å². The second-order valence-corrected chi connectivity index (χ2v) is 3.71. The van der Waals surface area contributed by atoms with E-state index in [2.05, 4.69) is 21.3 Å². The van der Waals surface area contributed by atoms with E-state index in [4.69, 9.17) is 0 Å². The van der Waals surface area contributed by atoms with Crippen molar-refractivity contribution in [2.24, 2.45) is 0 Å². The minimum Gasteiger partial charge on any atom is -0.315 e. The van der Waals surface area contributed by atoms with Gasteiger partial charge in [-0.2, -0.15) is 0 Å². The molecule has 0 atom stereocenters. The molecule has 0 aromatic rings. The monoisotopic (exact) mass is 258 g/mol. The SMILES string of the molecule is C1CNCCNC1.C1CNCCNC1.[Ni+2]. The number of nitrogens with one attached hydrogen (secondary N) is 4. The molecule has 2 rings (SSSR count). The van der Waals surface area contributed by atoms with E-state index in [-0.39, 0.29) is 16.5 Å². The van der Waals surface area contributed by atoms with Crippen LogP contribution >= 0.6 is 0 Å². The van der Waals surface area contributed by atoms with Gasteiger partial charge in [0, 0.05) is 26.2 Å². The zero-order chi connectivity index (χ0) is 9.90. The number of hydrogen-bond acceptors (Lipinski definition) is 4. The summed E-state index contributed by atoms with van der Waals surface area (Å²) in [6.45, 7) is 9.31. The molecule has 0 aliphatic carbocycles. The molecule has 0 spiro atoms. The molecule has 0 unspecified atom stereocenters. The van der Waals surface area contributed by atoms with Gasteiger partial charge in [-0.25, -0.2) is 0 Å². The second-order valence-electron chi connectivity index (χ2n) is 3.71. The summed E-state index contributed by atoms with van der Waals surface area (Å²) in [5.74, 6) is 0. The molecule has 15 heavy (non-hydrogen) atoms. The fourth-order valence-corrected chi connectivity index (χ4v) is 1.53. The van der Waals surface area contributed by atoms with Crippen molar-refractivity contribution < 1.29 is 16.5 Å². The fourth-order valence-electron chi connectivity index (χ4n) is 1.53. The van der Waals surface area contributed by atoms with Gasteiger partial charge in [-0.05, 0) is 39.0 Å². The van der Waals surface area contributed by atoms with Crippen LogP contribution in [0.3, 0.4) is 0 Å². The van der Waals surface area contributed by atoms with Gasteiger partial charge in [0.05, 0.1) is 0 Å². The van der Waals surface area contributed by atoms with Gasteiger partial charge < -0.3 is 21.3 Å². The van der Waals surface area contributed by atoms with Crippen LogP contribution in [0.4, 0.5) is 0 Å². The largest absolute Gasteiger partial charge is 2.00 e. The first-order chi connectivity index (χ1) is 7.00. The quantitative estimate of drug-likeness (QED) is 0.427. The van der Waals surface area contributed by atoms with E-state index in [0.717, 1.165) is 26.2 Å². The smallest absolute Gasteiger partial charge is 0.315 e. The minimum atomic E-state index is 0. The Balaban J connectivity index is 0.000000245. The van der Waals surface area contributed by atoms with Crippen LogP contribution in [0.15, 0.2) is 0 Å². The fraction of sp³-hybridized carbons (Fsp3) is 1.00. The maximum Gasteiger partial charge on any atom is 2.00 e. The maximum absolute atomic E-state index is 3.28. The first-order valence-corrected chi connectivity index (χ1v) is 5.83. The van der Waals surface area contributed by atoms with E-state index in [1.807, 2.05) is 0 Å². The van der Waals surface area contributed by atoms with Crippen LogP contribution in [-0.2, 0) is 16.5 Å². The van der Waals surface area contributed by atoms with Gasteiger partial charge in [0.1, 0.15) is 0 Å². The van der Waals surface area contributed by atoms with Crippen molar-refractivity contribution in [2.45, 2.75) is 12.8 Å². The Morgan fingerprint density at radius 3 is 0.933 bits per heavy atom. The molecule has 2 aliphatic heterocycles. The zero-order valence-corrected chi connectivity index (χ0v) is 10.4. The van der Waals surface area contributed by atoms with Gasteiger partial charge in [0.25, 0.3) is 0 Å². The van der Waals surface area contributed by atoms with Gasteiger partial charge in [0.15, 0.2) is 0 Å². The van der Waals surface area contributed by atoms with Gasteiger partial charge in [-0.1, -0.05) is 0 Å². The van der Waals surface area contributed by atoms with Crippen molar-refractivity contribution in [1.82, 2.24) is 21.3 Å². The van der Waals surface area contributed by atoms with Crippen molar-refractivity contribution in [3.8, 4) is 0 Å². The summed E-state index contributed by atoms with van der Waals surface area (Å²) in [4.78, 5) is 0. The molecule has 0 aromatic carbocycles. The molecule has 4 nitrogen and oxygen atoms in total. The Morgan fingerprint density at radius 1 is 0.400 bits per heavy atom. The van der Waals surface area contributed by atoms with Crippen molar-refractivity contribution in [3.63, 3.8) is 0 Å². The molecular weight excluding hydrogens is 235 g/mol. The Hall–Kier alpha value is 0.334. The standard InChI is InChI=1S/2C5H12N2.Ni/c2*1-2-6-4-5-7-3-1;/h2*6-7H,1-5H2;/q;;+2. The van der Waals surface area contributed by atoms with Crippen LogP contribution in [0.2, 0.25) is 0 Å². The van der Waals surface area contributed by atoms with Gasteiger partial charge in [-0.3, -0.25) is 0 Å². The van der Waals surface area contributed by atoms with Gasteiger partial charge in [-0.15, -0.1) is 0 Å². The number of hydrogen-bond donors (Lipinski definition) is 4. The van der Waals surface area contributed by atoms with Crippen LogP contribution < -0.4 is 21.3 Å². The number of rotatable bonds is 0. The summed E-state index contributed by atoms with van der Waals surface area (Å²) in [7, 11) is 0. The van der Waals surface area contributed by atoms with Crippen LogP contribution in [-0.4, -0.2) is 52.4 Å². The minimum absolute atomic E-state index is 0. The Morgan fingerprint density at radius 2 is 0.667 bits per heavy atom. The van der Waals surface area contributed by atoms with Crippen LogP contribution in [0, 0.1) is 0 Å². The third-order valence-corrected chi connectivity index (χ3v) is 2.37. The normalized spacial score (nSPS) is 22.4.